The molecule has 0 aliphatic heterocycles. The van der Waals surface area contributed by atoms with Crippen LogP contribution in [-0.2, 0) is 0 Å². The third kappa shape index (κ3) is 2.59. The van der Waals surface area contributed by atoms with Gasteiger partial charge in [0, 0.05) is 34.1 Å². The summed E-state index contributed by atoms with van der Waals surface area (Å²) in [5, 5.41) is 4.43. The first-order chi connectivity index (χ1) is 14.9. The van der Waals surface area contributed by atoms with Crippen LogP contribution in [0, 0.1) is 11.8 Å². The van der Waals surface area contributed by atoms with Crippen molar-refractivity contribution in [3.8, 4) is 23.2 Å². The number of nitrogens with zero attached hydrogens (tertiary/aromatic N) is 1. The molecule has 30 heavy (non-hydrogen) atoms. The van der Waals surface area contributed by atoms with Crippen molar-refractivity contribution in [2.24, 2.45) is 0 Å². The molecule has 3 heteroatoms. The highest BCUT2D eigenvalue weighted by molar-refractivity contribution is 6.17. The van der Waals surface area contributed by atoms with Crippen molar-refractivity contribution < 1.29 is 8.83 Å². The molecule has 3 nitrogen and oxygen atoms in total. The van der Waals surface area contributed by atoms with Crippen LogP contribution in [0.1, 0.15) is 11.1 Å². The Morgan fingerprint density at radius 1 is 0.667 bits per heavy atom. The Balaban J connectivity index is 1.57. The van der Waals surface area contributed by atoms with E-state index in [1.807, 2.05) is 42.5 Å². The molecule has 0 bridgehead atoms. The molecule has 0 atom stereocenters. The first-order valence-electron chi connectivity index (χ1n) is 9.71. The van der Waals surface area contributed by atoms with Gasteiger partial charge in [-0.2, -0.15) is 0 Å². The van der Waals surface area contributed by atoms with Crippen LogP contribution in [0.15, 0.2) is 100 Å². The van der Waals surface area contributed by atoms with Gasteiger partial charge in [0.25, 0.3) is 0 Å². The Hall–Kier alpha value is -4.29. The van der Waals surface area contributed by atoms with Gasteiger partial charge in [-0.15, -0.1) is 0 Å². The van der Waals surface area contributed by atoms with Crippen LogP contribution in [-0.4, -0.2) is 4.98 Å². The van der Waals surface area contributed by atoms with Gasteiger partial charge < -0.3 is 8.83 Å². The zero-order valence-corrected chi connectivity index (χ0v) is 15.9. The molecule has 3 heterocycles. The first kappa shape index (κ1) is 16.6. The van der Waals surface area contributed by atoms with Crippen molar-refractivity contribution in [2.45, 2.75) is 0 Å². The van der Waals surface area contributed by atoms with E-state index in [9.17, 15) is 0 Å². The number of rotatable bonds is 1. The van der Waals surface area contributed by atoms with Crippen molar-refractivity contribution in [1.29, 1.82) is 0 Å². The van der Waals surface area contributed by atoms with E-state index in [-0.39, 0.29) is 0 Å². The Morgan fingerprint density at radius 3 is 2.43 bits per heavy atom. The van der Waals surface area contributed by atoms with E-state index in [1.54, 1.807) is 18.7 Å². The molecule has 0 saturated heterocycles. The number of furan rings is 2. The first-order valence-corrected chi connectivity index (χ1v) is 9.71. The fourth-order valence-corrected chi connectivity index (χ4v) is 3.90. The van der Waals surface area contributed by atoms with Crippen LogP contribution in [0.4, 0.5) is 0 Å². The number of hydrogen-bond acceptors (Lipinski definition) is 3. The minimum Gasteiger partial charge on any atom is -0.463 e. The maximum atomic E-state index is 6.42. The summed E-state index contributed by atoms with van der Waals surface area (Å²) in [6, 6.07) is 24.3. The third-order valence-corrected chi connectivity index (χ3v) is 5.32. The molecule has 0 spiro atoms. The highest BCUT2D eigenvalue weighted by Crippen LogP contribution is 2.39. The highest BCUT2D eigenvalue weighted by Gasteiger charge is 2.17. The number of para-hydroxylation sites is 1. The lowest BCUT2D eigenvalue weighted by atomic mass is 10.0. The fourth-order valence-electron chi connectivity index (χ4n) is 3.90. The summed E-state index contributed by atoms with van der Waals surface area (Å²) < 4.78 is 12.3. The molecule has 0 amide bonds. The van der Waals surface area contributed by atoms with Crippen LogP contribution in [0.2, 0.25) is 0 Å². The van der Waals surface area contributed by atoms with E-state index in [4.69, 9.17) is 8.83 Å². The molecule has 6 aromatic rings. The second kappa shape index (κ2) is 6.65. The minimum absolute atomic E-state index is 0.713. The van der Waals surface area contributed by atoms with Crippen molar-refractivity contribution in [3.63, 3.8) is 0 Å². The van der Waals surface area contributed by atoms with Gasteiger partial charge in [-0.3, -0.25) is 4.98 Å². The summed E-state index contributed by atoms with van der Waals surface area (Å²) >= 11 is 0. The van der Waals surface area contributed by atoms with Crippen molar-refractivity contribution in [1.82, 2.24) is 4.98 Å². The van der Waals surface area contributed by atoms with E-state index in [0.29, 0.717) is 5.76 Å². The maximum absolute atomic E-state index is 6.42. The quantitative estimate of drug-likeness (QED) is 0.292. The number of fused-ring (bicyclic) bond motifs is 5. The molecule has 0 aliphatic carbocycles. The number of aromatic nitrogens is 1. The topological polar surface area (TPSA) is 39.2 Å². The van der Waals surface area contributed by atoms with E-state index in [0.717, 1.165) is 49.4 Å². The third-order valence-electron chi connectivity index (χ3n) is 5.32. The molecule has 0 unspecified atom stereocenters. The monoisotopic (exact) mass is 385 g/mol. The lowest BCUT2D eigenvalue weighted by molar-refractivity contribution is 0.580. The number of pyridine rings is 1. The summed E-state index contributed by atoms with van der Waals surface area (Å²) in [5.74, 6) is 7.11. The summed E-state index contributed by atoms with van der Waals surface area (Å²) in [6.07, 6.45) is 5.14. The predicted molar refractivity (Wildman–Crippen MR) is 119 cm³/mol. The standard InChI is InChI=1S/C27H15NO2/c1-2-5-21-19(4-1)10-11-23-22-6-3-7-24(27(22)30-26(21)23)25-20(14-17-29-25)9-8-18-12-15-28-16-13-18/h1-7,10-17H. The zero-order valence-electron chi connectivity index (χ0n) is 15.9. The van der Waals surface area contributed by atoms with E-state index in [1.165, 1.54) is 0 Å². The van der Waals surface area contributed by atoms with Crippen LogP contribution in [0.3, 0.4) is 0 Å². The number of hydrogen-bond donors (Lipinski definition) is 0. The average molecular weight is 385 g/mol. The molecule has 3 aromatic carbocycles. The van der Waals surface area contributed by atoms with Gasteiger partial charge in [-0.05, 0) is 35.7 Å². The molecule has 0 aliphatic rings. The van der Waals surface area contributed by atoms with Crippen LogP contribution < -0.4 is 0 Å². The van der Waals surface area contributed by atoms with Crippen LogP contribution in [0.25, 0.3) is 44.0 Å². The molecule has 0 N–H and O–H groups in total. The summed E-state index contributed by atoms with van der Waals surface area (Å²) in [6.45, 7) is 0. The Kier molecular flexibility index (Phi) is 3.69. The molecule has 140 valence electrons. The Bertz CT molecular complexity index is 1590. The minimum atomic E-state index is 0.713. The SMILES string of the molecule is C(#Cc1ccoc1-c1cccc2c1oc1c3ccccc3ccc21)c1ccncc1. The second-order valence-corrected chi connectivity index (χ2v) is 7.10. The summed E-state index contributed by atoms with van der Waals surface area (Å²) in [4.78, 5) is 4.03. The molecular formula is C27H15NO2. The predicted octanol–water partition coefficient (Wildman–Crippen LogP) is 6.79. The van der Waals surface area contributed by atoms with Gasteiger partial charge in [0.15, 0.2) is 5.76 Å². The summed E-state index contributed by atoms with van der Waals surface area (Å²) in [7, 11) is 0. The van der Waals surface area contributed by atoms with Gasteiger partial charge in [-0.25, -0.2) is 0 Å². The number of benzene rings is 3. The summed E-state index contributed by atoms with van der Waals surface area (Å²) in [5.41, 5.74) is 4.34. The largest absolute Gasteiger partial charge is 0.463 e. The normalized spacial score (nSPS) is 11.1. The van der Waals surface area contributed by atoms with Crippen LogP contribution >= 0.6 is 0 Å². The smallest absolute Gasteiger partial charge is 0.153 e. The maximum Gasteiger partial charge on any atom is 0.153 e. The van der Waals surface area contributed by atoms with Crippen molar-refractivity contribution in [2.75, 3.05) is 0 Å². The average Bonchev–Trinajstić information content (AvgIpc) is 3.43. The van der Waals surface area contributed by atoms with E-state index < -0.39 is 0 Å². The highest BCUT2D eigenvalue weighted by atomic mass is 16.3. The molecule has 6 rings (SSSR count). The lowest BCUT2D eigenvalue weighted by Crippen LogP contribution is -1.81. The van der Waals surface area contributed by atoms with E-state index >= 15 is 0 Å². The molecule has 3 aromatic heterocycles. The van der Waals surface area contributed by atoms with Crippen LogP contribution in [0.5, 0.6) is 0 Å². The zero-order chi connectivity index (χ0) is 19.9. The van der Waals surface area contributed by atoms with Crippen molar-refractivity contribution >= 4 is 32.7 Å². The Labute approximate surface area is 172 Å². The Morgan fingerprint density at radius 2 is 1.50 bits per heavy atom. The van der Waals surface area contributed by atoms with Gasteiger partial charge in [-0.1, -0.05) is 54.3 Å². The van der Waals surface area contributed by atoms with E-state index in [2.05, 4.69) is 47.2 Å². The lowest BCUT2D eigenvalue weighted by Gasteiger charge is -1.99. The van der Waals surface area contributed by atoms with Gasteiger partial charge >= 0.3 is 0 Å². The molecule has 0 fully saturated rings. The fraction of sp³-hybridized carbons (Fsp3) is 0. The van der Waals surface area contributed by atoms with Crippen molar-refractivity contribution in [3.05, 3.63) is 103 Å². The van der Waals surface area contributed by atoms with Gasteiger partial charge in [0.1, 0.15) is 11.2 Å². The van der Waals surface area contributed by atoms with Gasteiger partial charge in [0.2, 0.25) is 0 Å². The molecule has 0 radical (unpaired) electrons. The molecular weight excluding hydrogens is 370 g/mol. The van der Waals surface area contributed by atoms with Gasteiger partial charge in [0.05, 0.1) is 17.4 Å². The molecule has 0 saturated carbocycles. The second-order valence-electron chi connectivity index (χ2n) is 7.10.